The molecular formula is C39H26N2. The Kier molecular flexibility index (Phi) is 4.42. The molecule has 0 fully saturated rings. The number of hydrogen-bond donors (Lipinski definition) is 0. The molecule has 192 valence electrons. The summed E-state index contributed by atoms with van der Waals surface area (Å²) in [5.74, 6) is 0.756. The molecule has 2 nitrogen and oxygen atoms in total. The van der Waals surface area contributed by atoms with Gasteiger partial charge in [-0.1, -0.05) is 123 Å². The molecule has 0 saturated heterocycles. The fourth-order valence-electron chi connectivity index (χ4n) is 7.34. The lowest BCUT2D eigenvalue weighted by Gasteiger charge is -2.23. The smallest absolute Gasteiger partial charge is 0.161 e. The summed E-state index contributed by atoms with van der Waals surface area (Å²) in [5.41, 5.74) is 14.8. The first-order chi connectivity index (χ1) is 20.1. The van der Waals surface area contributed by atoms with Gasteiger partial charge in [-0.25, -0.2) is 9.97 Å². The molecule has 1 aromatic heterocycles. The minimum Gasteiger partial charge on any atom is -0.228 e. The maximum absolute atomic E-state index is 5.24. The minimum atomic E-state index is -0.0329. The zero-order valence-electron chi connectivity index (χ0n) is 22.9. The highest BCUT2D eigenvalue weighted by Gasteiger charge is 2.40. The molecule has 0 amide bonds. The minimum absolute atomic E-state index is 0.0329. The van der Waals surface area contributed by atoms with Crippen LogP contribution in [0.5, 0.6) is 0 Å². The van der Waals surface area contributed by atoms with E-state index in [0.29, 0.717) is 0 Å². The van der Waals surface area contributed by atoms with Crippen LogP contribution < -0.4 is 0 Å². The van der Waals surface area contributed by atoms with E-state index in [1.54, 1.807) is 0 Å². The highest BCUT2D eigenvalue weighted by atomic mass is 14.9. The van der Waals surface area contributed by atoms with Crippen LogP contribution in [0.3, 0.4) is 0 Å². The largest absolute Gasteiger partial charge is 0.228 e. The highest BCUT2D eigenvalue weighted by molar-refractivity contribution is 6.18. The summed E-state index contributed by atoms with van der Waals surface area (Å²) in [5, 5.41) is 3.52. The summed E-state index contributed by atoms with van der Waals surface area (Å²) < 4.78 is 0. The van der Waals surface area contributed by atoms with Gasteiger partial charge in [0.1, 0.15) is 0 Å². The average molecular weight is 523 g/mol. The molecule has 2 aliphatic rings. The third-order valence-corrected chi connectivity index (χ3v) is 9.24. The van der Waals surface area contributed by atoms with Gasteiger partial charge in [-0.3, -0.25) is 0 Å². The molecule has 6 aromatic carbocycles. The summed E-state index contributed by atoms with van der Waals surface area (Å²) in [7, 11) is 0. The number of nitrogens with zero attached hydrogens (tertiary/aromatic N) is 2. The predicted octanol–water partition coefficient (Wildman–Crippen LogP) is 10.1. The summed E-state index contributed by atoms with van der Waals surface area (Å²) in [6, 6.07) is 43.7. The molecule has 0 saturated carbocycles. The van der Waals surface area contributed by atoms with Gasteiger partial charge >= 0.3 is 0 Å². The first-order valence-corrected chi connectivity index (χ1v) is 14.3. The molecule has 0 aliphatic heterocycles. The second kappa shape index (κ2) is 7.99. The lowest BCUT2D eigenvalue weighted by Crippen LogP contribution is -2.15. The van der Waals surface area contributed by atoms with Crippen molar-refractivity contribution in [1.82, 2.24) is 9.97 Å². The molecule has 7 aromatic rings. The van der Waals surface area contributed by atoms with Gasteiger partial charge < -0.3 is 0 Å². The second-order valence-corrected chi connectivity index (χ2v) is 11.7. The SMILES string of the molecule is CC1(C)c2cccc3c2-c2c(cccc21)-c1ccc(-c2nc(-c4ccccc4)c4ccccc4n2)c2cccc-3c12. The normalized spacial score (nSPS) is 13.8. The molecule has 2 aliphatic carbocycles. The van der Waals surface area contributed by atoms with E-state index < -0.39 is 0 Å². The molecule has 0 spiro atoms. The van der Waals surface area contributed by atoms with E-state index in [-0.39, 0.29) is 5.41 Å². The topological polar surface area (TPSA) is 25.8 Å². The van der Waals surface area contributed by atoms with Crippen molar-refractivity contribution in [3.8, 4) is 56.0 Å². The Hall–Kier alpha value is -5.08. The number of benzene rings is 6. The molecular weight excluding hydrogens is 496 g/mol. The average Bonchev–Trinajstić information content (AvgIpc) is 3.18. The monoisotopic (exact) mass is 522 g/mol. The molecule has 0 bridgehead atoms. The standard InChI is InChI=1S/C39H26N2/c1-39(2)31-18-9-16-25-24-14-8-15-27-29(22-21-28(34(24)27)26-17-10-19-32(39)36(26)35(25)31)38-40-33-20-7-6-13-30(33)37(41-38)23-11-4-3-5-12-23/h3-22H,1-2H3. The van der Waals surface area contributed by atoms with Crippen LogP contribution in [0.1, 0.15) is 25.0 Å². The lowest BCUT2D eigenvalue weighted by atomic mass is 9.80. The van der Waals surface area contributed by atoms with Crippen LogP contribution >= 0.6 is 0 Å². The second-order valence-electron chi connectivity index (χ2n) is 11.7. The van der Waals surface area contributed by atoms with Crippen LogP contribution in [0, 0.1) is 0 Å². The molecule has 0 atom stereocenters. The maximum atomic E-state index is 5.24. The molecule has 9 rings (SSSR count). The number of fused-ring (bicyclic) bond motifs is 3. The van der Waals surface area contributed by atoms with Gasteiger partial charge in [-0.05, 0) is 67.4 Å². The molecule has 41 heavy (non-hydrogen) atoms. The van der Waals surface area contributed by atoms with Gasteiger partial charge in [0.2, 0.25) is 0 Å². The quantitative estimate of drug-likeness (QED) is 0.226. The Bertz CT molecular complexity index is 2160. The van der Waals surface area contributed by atoms with E-state index in [2.05, 4.69) is 129 Å². The van der Waals surface area contributed by atoms with Gasteiger partial charge in [-0.2, -0.15) is 0 Å². The van der Waals surface area contributed by atoms with Gasteiger partial charge in [0, 0.05) is 21.9 Å². The Morgan fingerprint density at radius 2 is 1.05 bits per heavy atom. The number of aromatic nitrogens is 2. The Balaban J connectivity index is 1.39. The number of para-hydroxylation sites is 1. The van der Waals surface area contributed by atoms with E-state index in [1.165, 1.54) is 55.3 Å². The van der Waals surface area contributed by atoms with Crippen LogP contribution in [0.15, 0.2) is 121 Å². The summed E-state index contributed by atoms with van der Waals surface area (Å²) >= 11 is 0. The van der Waals surface area contributed by atoms with Crippen molar-refractivity contribution in [2.24, 2.45) is 0 Å². The third-order valence-electron chi connectivity index (χ3n) is 9.24. The fraction of sp³-hybridized carbons (Fsp3) is 0.0769. The van der Waals surface area contributed by atoms with E-state index in [9.17, 15) is 0 Å². The zero-order valence-corrected chi connectivity index (χ0v) is 22.9. The Morgan fingerprint density at radius 1 is 0.463 bits per heavy atom. The Labute approximate surface area is 239 Å². The van der Waals surface area contributed by atoms with Crippen molar-refractivity contribution in [3.05, 3.63) is 132 Å². The predicted molar refractivity (Wildman–Crippen MR) is 170 cm³/mol. The molecule has 0 radical (unpaired) electrons. The Morgan fingerprint density at radius 3 is 1.80 bits per heavy atom. The maximum Gasteiger partial charge on any atom is 0.161 e. The highest BCUT2D eigenvalue weighted by Crippen LogP contribution is 2.58. The van der Waals surface area contributed by atoms with Crippen molar-refractivity contribution in [3.63, 3.8) is 0 Å². The summed E-state index contributed by atoms with van der Waals surface area (Å²) in [4.78, 5) is 10.4. The first kappa shape index (κ1) is 22.7. The molecule has 2 heteroatoms. The number of rotatable bonds is 2. The molecule has 0 unspecified atom stereocenters. The van der Waals surface area contributed by atoms with Crippen molar-refractivity contribution < 1.29 is 0 Å². The van der Waals surface area contributed by atoms with Crippen molar-refractivity contribution in [2.45, 2.75) is 19.3 Å². The van der Waals surface area contributed by atoms with Crippen LogP contribution in [0.4, 0.5) is 0 Å². The molecule has 1 heterocycles. The van der Waals surface area contributed by atoms with Crippen LogP contribution in [-0.2, 0) is 5.41 Å². The van der Waals surface area contributed by atoms with E-state index in [0.717, 1.165) is 33.5 Å². The zero-order chi connectivity index (χ0) is 27.3. The lowest BCUT2D eigenvalue weighted by molar-refractivity contribution is 0.660. The third kappa shape index (κ3) is 2.97. The van der Waals surface area contributed by atoms with Gasteiger partial charge in [-0.15, -0.1) is 0 Å². The van der Waals surface area contributed by atoms with Crippen LogP contribution in [-0.4, -0.2) is 9.97 Å². The fourth-order valence-corrected chi connectivity index (χ4v) is 7.34. The van der Waals surface area contributed by atoms with Gasteiger partial charge in [0.25, 0.3) is 0 Å². The summed E-state index contributed by atoms with van der Waals surface area (Å²) in [6.45, 7) is 4.72. The van der Waals surface area contributed by atoms with Crippen molar-refractivity contribution in [2.75, 3.05) is 0 Å². The first-order valence-electron chi connectivity index (χ1n) is 14.3. The van der Waals surface area contributed by atoms with Crippen LogP contribution in [0.25, 0.3) is 77.7 Å². The van der Waals surface area contributed by atoms with Crippen LogP contribution in [0.2, 0.25) is 0 Å². The number of hydrogen-bond acceptors (Lipinski definition) is 2. The van der Waals surface area contributed by atoms with Gasteiger partial charge in [0.15, 0.2) is 5.82 Å². The van der Waals surface area contributed by atoms with E-state index in [4.69, 9.17) is 9.97 Å². The van der Waals surface area contributed by atoms with Crippen molar-refractivity contribution >= 4 is 21.7 Å². The summed E-state index contributed by atoms with van der Waals surface area (Å²) in [6.07, 6.45) is 0. The van der Waals surface area contributed by atoms with E-state index in [1.807, 2.05) is 6.07 Å². The van der Waals surface area contributed by atoms with Gasteiger partial charge in [0.05, 0.1) is 11.2 Å². The van der Waals surface area contributed by atoms with Crippen molar-refractivity contribution in [1.29, 1.82) is 0 Å². The van der Waals surface area contributed by atoms with E-state index >= 15 is 0 Å². The molecule has 0 N–H and O–H groups in total.